The third-order valence-electron chi connectivity index (χ3n) is 2.85. The number of rotatable bonds is 7. The maximum Gasteiger partial charge on any atom is 0.490 e. The first-order valence-corrected chi connectivity index (χ1v) is 7.51. The summed E-state index contributed by atoms with van der Waals surface area (Å²) in [5.74, 6) is -2.59. The molecular formula is C14H20BrF3O4. The van der Waals surface area contributed by atoms with E-state index in [0.29, 0.717) is 12.8 Å². The molecular weight excluding hydrogens is 369 g/mol. The van der Waals surface area contributed by atoms with Gasteiger partial charge in [-0.2, -0.15) is 13.2 Å². The second-order valence-electron chi connectivity index (χ2n) is 5.35. The first-order valence-electron chi connectivity index (χ1n) is 6.59. The van der Waals surface area contributed by atoms with Crippen molar-refractivity contribution in [2.24, 2.45) is 0 Å². The highest BCUT2D eigenvalue weighted by Crippen LogP contribution is 2.30. The van der Waals surface area contributed by atoms with Gasteiger partial charge in [-0.1, -0.05) is 21.5 Å². The maximum atomic E-state index is 12.2. The number of alkyl halides is 4. The zero-order valence-electron chi connectivity index (χ0n) is 12.9. The lowest BCUT2D eigenvalue weighted by atomic mass is 9.98. The summed E-state index contributed by atoms with van der Waals surface area (Å²) in [6.45, 7) is 6.09. The van der Waals surface area contributed by atoms with Crippen molar-refractivity contribution in [1.82, 2.24) is 0 Å². The predicted molar refractivity (Wildman–Crippen MR) is 78.6 cm³/mol. The lowest BCUT2D eigenvalue weighted by molar-refractivity contribution is -0.211. The average molecular weight is 389 g/mol. The Morgan fingerprint density at radius 3 is 2.23 bits per heavy atom. The summed E-state index contributed by atoms with van der Waals surface area (Å²) in [5.41, 5.74) is -0.383. The van der Waals surface area contributed by atoms with Gasteiger partial charge in [0.05, 0.1) is 4.83 Å². The van der Waals surface area contributed by atoms with Crippen LogP contribution in [0.1, 0.15) is 40.5 Å². The van der Waals surface area contributed by atoms with Gasteiger partial charge in [-0.25, -0.2) is 4.79 Å². The third-order valence-corrected chi connectivity index (χ3v) is 4.41. The number of ether oxygens (including phenoxy) is 2. The molecule has 0 N–H and O–H groups in total. The predicted octanol–water partition coefficient (Wildman–Crippen LogP) is 3.92. The quantitative estimate of drug-likeness (QED) is 0.376. The van der Waals surface area contributed by atoms with E-state index in [9.17, 15) is 22.8 Å². The van der Waals surface area contributed by atoms with Crippen molar-refractivity contribution < 1.29 is 32.2 Å². The van der Waals surface area contributed by atoms with Crippen molar-refractivity contribution >= 4 is 27.9 Å². The van der Waals surface area contributed by atoms with Gasteiger partial charge in [-0.3, -0.25) is 4.79 Å². The molecule has 0 saturated carbocycles. The average Bonchev–Trinajstić information content (AvgIpc) is 2.33. The van der Waals surface area contributed by atoms with Gasteiger partial charge in [0.25, 0.3) is 0 Å². The Labute approximate surface area is 136 Å². The molecule has 0 spiro atoms. The minimum Gasteiger partial charge on any atom is -0.462 e. The highest BCUT2D eigenvalue weighted by molar-refractivity contribution is 9.09. The van der Waals surface area contributed by atoms with Crippen molar-refractivity contribution in [3.63, 3.8) is 0 Å². The molecule has 0 aliphatic heterocycles. The first-order chi connectivity index (χ1) is 9.86. The van der Waals surface area contributed by atoms with Gasteiger partial charge in [-0.15, -0.1) is 0 Å². The standard InChI is InChI=1S/C14H20BrF3O4/c1-9(7-8-21-10(2)19)5-6-11(15)13(3,4)22-12(20)14(16,17)18/h7,11H,5-6,8H2,1-4H3/b9-7+. The second-order valence-corrected chi connectivity index (χ2v) is 6.46. The number of halogens is 4. The first kappa shape index (κ1) is 20.9. The highest BCUT2D eigenvalue weighted by Gasteiger charge is 2.45. The summed E-state index contributed by atoms with van der Waals surface area (Å²) in [5, 5.41) is 0. The van der Waals surface area contributed by atoms with E-state index in [1.54, 1.807) is 6.08 Å². The fraction of sp³-hybridized carbons (Fsp3) is 0.714. The van der Waals surface area contributed by atoms with Crippen LogP contribution >= 0.6 is 15.9 Å². The molecule has 0 amide bonds. The van der Waals surface area contributed by atoms with E-state index >= 15 is 0 Å². The zero-order chi connectivity index (χ0) is 17.6. The summed E-state index contributed by atoms with van der Waals surface area (Å²) in [4.78, 5) is 21.1. The molecule has 0 aromatic carbocycles. The fourth-order valence-electron chi connectivity index (χ4n) is 1.47. The molecule has 8 heteroatoms. The Kier molecular flexibility index (Phi) is 8.14. The largest absolute Gasteiger partial charge is 0.490 e. The van der Waals surface area contributed by atoms with Crippen LogP contribution in [0.25, 0.3) is 0 Å². The normalized spacial score (nSPS) is 14.5. The molecule has 0 rings (SSSR count). The Morgan fingerprint density at radius 2 is 1.77 bits per heavy atom. The number of carbonyl (C=O) groups is 2. The van der Waals surface area contributed by atoms with Gasteiger partial charge >= 0.3 is 18.1 Å². The Balaban J connectivity index is 4.42. The van der Waals surface area contributed by atoms with Gasteiger partial charge < -0.3 is 9.47 Å². The molecule has 0 fully saturated rings. The third kappa shape index (κ3) is 8.41. The number of esters is 2. The van der Waals surface area contributed by atoms with E-state index < -0.39 is 22.6 Å². The molecule has 4 nitrogen and oxygen atoms in total. The van der Waals surface area contributed by atoms with Crippen LogP contribution < -0.4 is 0 Å². The molecule has 128 valence electrons. The van der Waals surface area contributed by atoms with Crippen LogP contribution in [-0.2, 0) is 19.1 Å². The summed E-state index contributed by atoms with van der Waals surface area (Å²) in [6, 6.07) is 0. The van der Waals surface area contributed by atoms with E-state index in [1.807, 2.05) is 6.92 Å². The van der Waals surface area contributed by atoms with Crippen molar-refractivity contribution in [2.75, 3.05) is 6.61 Å². The summed E-state index contributed by atoms with van der Waals surface area (Å²) < 4.78 is 45.9. The summed E-state index contributed by atoms with van der Waals surface area (Å²) in [6.07, 6.45) is -2.27. The number of allylic oxidation sites excluding steroid dienone is 1. The molecule has 0 aromatic heterocycles. The minimum absolute atomic E-state index is 0.153. The monoisotopic (exact) mass is 388 g/mol. The van der Waals surface area contributed by atoms with E-state index in [-0.39, 0.29) is 12.6 Å². The van der Waals surface area contributed by atoms with Crippen LogP contribution in [0.2, 0.25) is 0 Å². The van der Waals surface area contributed by atoms with Crippen LogP contribution in [0.15, 0.2) is 11.6 Å². The molecule has 0 radical (unpaired) electrons. The Bertz CT molecular complexity index is 430. The molecule has 0 aliphatic carbocycles. The van der Waals surface area contributed by atoms with Crippen LogP contribution in [0.4, 0.5) is 13.2 Å². The Hall–Kier alpha value is -1.05. The van der Waals surface area contributed by atoms with Gasteiger partial charge in [0.1, 0.15) is 12.2 Å². The number of carbonyl (C=O) groups excluding carboxylic acids is 2. The second kappa shape index (κ2) is 8.55. The highest BCUT2D eigenvalue weighted by atomic mass is 79.9. The maximum absolute atomic E-state index is 12.2. The van der Waals surface area contributed by atoms with Crippen molar-refractivity contribution in [2.45, 2.75) is 57.1 Å². The molecule has 0 heterocycles. The van der Waals surface area contributed by atoms with E-state index in [1.165, 1.54) is 20.8 Å². The van der Waals surface area contributed by atoms with Gasteiger partial charge in [0, 0.05) is 6.92 Å². The zero-order valence-corrected chi connectivity index (χ0v) is 14.5. The van der Waals surface area contributed by atoms with Crippen molar-refractivity contribution in [3.05, 3.63) is 11.6 Å². The topological polar surface area (TPSA) is 52.6 Å². The lowest BCUT2D eigenvalue weighted by Crippen LogP contribution is -2.41. The van der Waals surface area contributed by atoms with Crippen LogP contribution in [0.3, 0.4) is 0 Å². The van der Waals surface area contributed by atoms with Crippen LogP contribution in [0.5, 0.6) is 0 Å². The van der Waals surface area contributed by atoms with Gasteiger partial charge in [0.15, 0.2) is 0 Å². The minimum atomic E-state index is -5.01. The summed E-state index contributed by atoms with van der Waals surface area (Å²) >= 11 is 3.26. The molecule has 1 atom stereocenters. The molecule has 0 aromatic rings. The van der Waals surface area contributed by atoms with Crippen molar-refractivity contribution in [1.29, 1.82) is 0 Å². The van der Waals surface area contributed by atoms with Crippen molar-refractivity contribution in [3.8, 4) is 0 Å². The van der Waals surface area contributed by atoms with Gasteiger partial charge in [-0.05, 0) is 39.7 Å². The van der Waals surface area contributed by atoms with Crippen LogP contribution in [-0.4, -0.2) is 35.2 Å². The fourth-order valence-corrected chi connectivity index (χ4v) is 1.79. The smallest absolute Gasteiger partial charge is 0.462 e. The number of hydrogen-bond donors (Lipinski definition) is 0. The number of hydrogen-bond acceptors (Lipinski definition) is 4. The van der Waals surface area contributed by atoms with E-state index in [2.05, 4.69) is 20.7 Å². The molecule has 0 aliphatic rings. The summed E-state index contributed by atoms with van der Waals surface area (Å²) in [7, 11) is 0. The molecule has 0 bridgehead atoms. The molecule has 1 unspecified atom stereocenters. The molecule has 22 heavy (non-hydrogen) atoms. The van der Waals surface area contributed by atoms with E-state index in [0.717, 1.165) is 5.57 Å². The Morgan fingerprint density at radius 1 is 1.23 bits per heavy atom. The SMILES string of the molecule is CC(=O)OC/C=C(\C)CCC(Br)C(C)(C)OC(=O)C(F)(F)F. The molecule has 0 saturated heterocycles. The van der Waals surface area contributed by atoms with Gasteiger partial charge in [0.2, 0.25) is 0 Å². The lowest BCUT2D eigenvalue weighted by Gasteiger charge is -2.30. The van der Waals surface area contributed by atoms with E-state index in [4.69, 9.17) is 4.74 Å². The van der Waals surface area contributed by atoms with Crippen LogP contribution in [0, 0.1) is 0 Å².